The first-order valence-electron chi connectivity index (χ1n) is 7.33. The molecule has 2 aromatic carbocycles. The number of anilines is 1. The predicted molar refractivity (Wildman–Crippen MR) is 91.4 cm³/mol. The number of nitrogens with zero attached hydrogens (tertiary/aromatic N) is 1. The highest BCUT2D eigenvalue weighted by atomic mass is 35.5. The van der Waals surface area contributed by atoms with E-state index in [-0.39, 0.29) is 26.9 Å². The molecule has 3 rings (SSSR count). The topological polar surface area (TPSA) is 66.5 Å². The van der Waals surface area contributed by atoms with Crippen LogP contribution in [-0.4, -0.2) is 28.7 Å². The Balaban J connectivity index is 1.86. The van der Waals surface area contributed by atoms with Crippen molar-refractivity contribution in [1.29, 1.82) is 0 Å². The van der Waals surface area contributed by atoms with E-state index < -0.39 is 35.4 Å². The van der Waals surface area contributed by atoms with Gasteiger partial charge < -0.3 is 5.32 Å². The van der Waals surface area contributed by atoms with Gasteiger partial charge in [0.15, 0.2) is 0 Å². The molecule has 1 atom stereocenters. The quantitative estimate of drug-likeness (QED) is 0.797. The molecule has 0 spiro atoms. The van der Waals surface area contributed by atoms with Crippen molar-refractivity contribution in [1.82, 2.24) is 4.90 Å². The van der Waals surface area contributed by atoms with E-state index in [2.05, 4.69) is 5.32 Å². The van der Waals surface area contributed by atoms with E-state index >= 15 is 0 Å². The summed E-state index contributed by atoms with van der Waals surface area (Å²) in [4.78, 5) is 38.0. The second-order valence-corrected chi connectivity index (χ2v) is 6.43. The fraction of sp³-hybridized carbons (Fsp3) is 0.118. The average molecular weight is 399 g/mol. The van der Waals surface area contributed by atoms with Gasteiger partial charge in [0.2, 0.25) is 5.91 Å². The van der Waals surface area contributed by atoms with Gasteiger partial charge in [0, 0.05) is 11.8 Å². The number of benzene rings is 2. The summed E-state index contributed by atoms with van der Waals surface area (Å²) < 4.78 is 26.4. The zero-order chi connectivity index (χ0) is 19.2. The monoisotopic (exact) mass is 398 g/mol. The average Bonchev–Trinajstić information content (AvgIpc) is 2.77. The van der Waals surface area contributed by atoms with Gasteiger partial charge in [-0.3, -0.25) is 19.3 Å². The van der Waals surface area contributed by atoms with E-state index in [1.807, 2.05) is 0 Å². The third kappa shape index (κ3) is 3.15. The highest BCUT2D eigenvalue weighted by Gasteiger charge is 2.41. The zero-order valence-electron chi connectivity index (χ0n) is 13.1. The van der Waals surface area contributed by atoms with E-state index in [4.69, 9.17) is 23.2 Å². The Labute approximate surface area is 156 Å². The van der Waals surface area contributed by atoms with Crippen molar-refractivity contribution in [3.8, 4) is 0 Å². The highest BCUT2D eigenvalue weighted by Crippen LogP contribution is 2.32. The van der Waals surface area contributed by atoms with Crippen LogP contribution in [0.3, 0.4) is 0 Å². The molecule has 0 aromatic heterocycles. The SMILES string of the molecule is C[C@@H](C(=O)Nc1cc(F)cc(F)c1)N1C(=O)c2cc(Cl)c(Cl)cc2C1=O. The number of hydrogen-bond donors (Lipinski definition) is 1. The Bertz CT molecular complexity index is 904. The summed E-state index contributed by atoms with van der Waals surface area (Å²) in [6, 6.07) is 3.76. The molecule has 1 aliphatic rings. The molecular formula is C17H10Cl2F2N2O3. The van der Waals surface area contributed by atoms with Crippen LogP contribution in [0.15, 0.2) is 30.3 Å². The molecule has 0 aliphatic carbocycles. The lowest BCUT2D eigenvalue weighted by Gasteiger charge is -2.21. The van der Waals surface area contributed by atoms with Crippen LogP contribution in [0.2, 0.25) is 10.0 Å². The molecule has 1 heterocycles. The van der Waals surface area contributed by atoms with E-state index in [0.717, 1.165) is 17.0 Å². The molecule has 0 radical (unpaired) electrons. The van der Waals surface area contributed by atoms with Crippen LogP contribution in [0, 0.1) is 11.6 Å². The maximum atomic E-state index is 13.2. The van der Waals surface area contributed by atoms with Crippen LogP contribution >= 0.6 is 23.2 Å². The van der Waals surface area contributed by atoms with Gasteiger partial charge >= 0.3 is 0 Å². The van der Waals surface area contributed by atoms with Crippen molar-refractivity contribution in [3.63, 3.8) is 0 Å². The summed E-state index contributed by atoms with van der Waals surface area (Å²) in [6.45, 7) is 1.32. The molecule has 0 unspecified atom stereocenters. The highest BCUT2D eigenvalue weighted by molar-refractivity contribution is 6.43. The minimum absolute atomic E-state index is 0.0286. The fourth-order valence-electron chi connectivity index (χ4n) is 2.59. The van der Waals surface area contributed by atoms with Crippen molar-refractivity contribution >= 4 is 46.6 Å². The number of carbonyl (C=O) groups excluding carboxylic acids is 3. The number of hydrogen-bond acceptors (Lipinski definition) is 3. The third-order valence-corrected chi connectivity index (χ3v) is 4.58. The van der Waals surface area contributed by atoms with Gasteiger partial charge in [0.25, 0.3) is 11.8 Å². The van der Waals surface area contributed by atoms with Crippen molar-refractivity contribution in [2.24, 2.45) is 0 Å². The summed E-state index contributed by atoms with van der Waals surface area (Å²) in [5.41, 5.74) is -0.0799. The third-order valence-electron chi connectivity index (χ3n) is 3.86. The molecule has 1 N–H and O–H groups in total. The van der Waals surface area contributed by atoms with Crippen LogP contribution in [0.25, 0.3) is 0 Å². The van der Waals surface area contributed by atoms with Crippen LogP contribution < -0.4 is 5.32 Å². The summed E-state index contributed by atoms with van der Waals surface area (Å²) >= 11 is 11.7. The van der Waals surface area contributed by atoms with E-state index in [1.165, 1.54) is 19.1 Å². The van der Waals surface area contributed by atoms with Gasteiger partial charge in [-0.05, 0) is 31.2 Å². The molecule has 0 saturated heterocycles. The van der Waals surface area contributed by atoms with Crippen LogP contribution in [-0.2, 0) is 4.79 Å². The van der Waals surface area contributed by atoms with Gasteiger partial charge in [0.1, 0.15) is 17.7 Å². The number of halogens is 4. The molecule has 134 valence electrons. The molecular weight excluding hydrogens is 389 g/mol. The smallest absolute Gasteiger partial charge is 0.262 e. The Morgan fingerprint density at radius 3 is 1.88 bits per heavy atom. The lowest BCUT2D eigenvalue weighted by molar-refractivity contribution is -0.119. The Morgan fingerprint density at radius 1 is 0.962 bits per heavy atom. The van der Waals surface area contributed by atoms with Gasteiger partial charge in [-0.25, -0.2) is 8.78 Å². The largest absolute Gasteiger partial charge is 0.324 e. The molecule has 26 heavy (non-hydrogen) atoms. The first kappa shape index (κ1) is 18.3. The van der Waals surface area contributed by atoms with E-state index in [1.54, 1.807) is 0 Å². The Morgan fingerprint density at radius 2 is 1.42 bits per heavy atom. The Hall–Kier alpha value is -2.51. The van der Waals surface area contributed by atoms with Gasteiger partial charge in [0.05, 0.1) is 21.2 Å². The van der Waals surface area contributed by atoms with E-state index in [9.17, 15) is 23.2 Å². The second kappa shape index (κ2) is 6.66. The zero-order valence-corrected chi connectivity index (χ0v) is 14.7. The molecule has 0 saturated carbocycles. The minimum Gasteiger partial charge on any atom is -0.324 e. The first-order valence-corrected chi connectivity index (χ1v) is 8.08. The number of nitrogens with one attached hydrogen (secondary N) is 1. The minimum atomic E-state index is -1.23. The van der Waals surface area contributed by atoms with Gasteiger partial charge in [-0.2, -0.15) is 0 Å². The molecule has 2 aromatic rings. The number of carbonyl (C=O) groups is 3. The summed E-state index contributed by atoms with van der Waals surface area (Å²) in [6.07, 6.45) is 0. The molecule has 3 amide bonds. The standard InChI is InChI=1S/C17H10Cl2F2N2O3/c1-7(15(24)22-10-3-8(20)2-9(21)4-10)23-16(25)11-5-13(18)14(19)6-12(11)17(23)26/h2-7H,1H3,(H,22,24)/t7-/m0/s1. The summed E-state index contributed by atoms with van der Waals surface area (Å²) in [7, 11) is 0. The molecule has 1 aliphatic heterocycles. The molecule has 0 bridgehead atoms. The second-order valence-electron chi connectivity index (χ2n) is 5.62. The van der Waals surface area contributed by atoms with E-state index in [0.29, 0.717) is 6.07 Å². The predicted octanol–water partition coefficient (Wildman–Crippen LogP) is 3.89. The normalized spacial score (nSPS) is 14.4. The number of fused-ring (bicyclic) bond motifs is 1. The van der Waals surface area contributed by atoms with Crippen LogP contribution in [0.4, 0.5) is 14.5 Å². The lowest BCUT2D eigenvalue weighted by atomic mass is 10.1. The van der Waals surface area contributed by atoms with Crippen molar-refractivity contribution in [2.45, 2.75) is 13.0 Å². The maximum absolute atomic E-state index is 13.2. The van der Waals surface area contributed by atoms with Crippen molar-refractivity contribution in [2.75, 3.05) is 5.32 Å². The fourth-order valence-corrected chi connectivity index (χ4v) is 2.92. The lowest BCUT2D eigenvalue weighted by Crippen LogP contribution is -2.45. The number of rotatable bonds is 3. The molecule has 5 nitrogen and oxygen atoms in total. The Kier molecular flexibility index (Phi) is 4.68. The summed E-state index contributed by atoms with van der Waals surface area (Å²) in [5, 5.41) is 2.47. The van der Waals surface area contributed by atoms with Crippen LogP contribution in [0.1, 0.15) is 27.6 Å². The molecule has 0 fully saturated rings. The first-order chi connectivity index (χ1) is 12.2. The maximum Gasteiger partial charge on any atom is 0.262 e. The number of amides is 3. The van der Waals surface area contributed by atoms with Gasteiger partial charge in [-0.1, -0.05) is 23.2 Å². The van der Waals surface area contributed by atoms with Gasteiger partial charge in [-0.15, -0.1) is 0 Å². The van der Waals surface area contributed by atoms with Crippen molar-refractivity contribution < 1.29 is 23.2 Å². The number of imide groups is 1. The molecule has 9 heteroatoms. The summed E-state index contributed by atoms with van der Waals surface area (Å²) in [5.74, 6) is -3.97. The van der Waals surface area contributed by atoms with Crippen LogP contribution in [0.5, 0.6) is 0 Å². The van der Waals surface area contributed by atoms with Crippen molar-refractivity contribution in [3.05, 3.63) is 63.1 Å².